The van der Waals surface area contributed by atoms with E-state index in [9.17, 15) is 9.70 Å². The van der Waals surface area contributed by atoms with E-state index in [1.807, 2.05) is 6.92 Å². The number of nitrogens with one attached hydrogen (secondary N) is 1. The maximum Gasteiger partial charge on any atom is 0.325 e. The van der Waals surface area contributed by atoms with Crippen LogP contribution in [0, 0.1) is 4.91 Å². The molecule has 0 saturated carbocycles. The summed E-state index contributed by atoms with van der Waals surface area (Å²) in [5.41, 5.74) is 1.17. The number of carbonyl (C=O) groups is 1. The van der Waals surface area contributed by atoms with Crippen LogP contribution in [0.5, 0.6) is 5.75 Å². The summed E-state index contributed by atoms with van der Waals surface area (Å²) in [4.78, 5) is 22.3. The van der Waals surface area contributed by atoms with Gasteiger partial charge >= 0.3 is 5.91 Å². The number of rotatable bonds is 3. The standard InChI is InChI=1S/C12H11ClN2O3S/c1-6-14-10(11(19-6)12(16)15-17)8-5-7(13)3-4-9(8)18-2/h3-6,14H,1-2H3. The van der Waals surface area contributed by atoms with Gasteiger partial charge in [-0.05, 0) is 25.1 Å². The third kappa shape index (κ3) is 2.74. The number of halogens is 1. The van der Waals surface area contributed by atoms with Crippen molar-refractivity contribution < 1.29 is 9.53 Å². The number of amides is 1. The van der Waals surface area contributed by atoms with Gasteiger partial charge in [0.25, 0.3) is 0 Å². The second-order valence-corrected chi connectivity index (χ2v) is 5.64. The number of nitrogens with zero attached hydrogens (tertiary/aromatic N) is 1. The summed E-state index contributed by atoms with van der Waals surface area (Å²) in [6.07, 6.45) is 0. The normalized spacial score (nSPS) is 18.2. The predicted octanol–water partition coefficient (Wildman–Crippen LogP) is 2.99. The molecule has 19 heavy (non-hydrogen) atoms. The van der Waals surface area contributed by atoms with Crippen molar-refractivity contribution in [2.24, 2.45) is 5.18 Å². The second-order valence-electron chi connectivity index (χ2n) is 3.85. The van der Waals surface area contributed by atoms with E-state index in [2.05, 4.69) is 10.5 Å². The minimum absolute atomic E-state index is 0.0283. The van der Waals surface area contributed by atoms with Crippen molar-refractivity contribution in [2.75, 3.05) is 7.11 Å². The molecule has 5 nitrogen and oxygen atoms in total. The van der Waals surface area contributed by atoms with E-state index >= 15 is 0 Å². The first-order chi connectivity index (χ1) is 9.06. The van der Waals surface area contributed by atoms with Gasteiger partial charge in [0.15, 0.2) is 0 Å². The first-order valence-electron chi connectivity index (χ1n) is 5.46. The molecule has 1 aromatic rings. The fraction of sp³-hybridized carbons (Fsp3) is 0.250. The van der Waals surface area contributed by atoms with Crippen molar-refractivity contribution in [3.8, 4) is 5.75 Å². The molecule has 0 fully saturated rings. The van der Waals surface area contributed by atoms with Crippen molar-refractivity contribution in [1.82, 2.24) is 5.32 Å². The molecule has 1 aliphatic rings. The van der Waals surface area contributed by atoms with Gasteiger partial charge in [-0.3, -0.25) is 4.79 Å². The van der Waals surface area contributed by atoms with Crippen molar-refractivity contribution in [1.29, 1.82) is 0 Å². The average molecular weight is 299 g/mol. The van der Waals surface area contributed by atoms with Crippen LogP contribution >= 0.6 is 23.4 Å². The minimum atomic E-state index is -0.793. The molecule has 0 radical (unpaired) electrons. The zero-order valence-electron chi connectivity index (χ0n) is 10.3. The van der Waals surface area contributed by atoms with Crippen LogP contribution in [0.15, 0.2) is 28.3 Å². The summed E-state index contributed by atoms with van der Waals surface area (Å²) in [5.74, 6) is -0.225. The average Bonchev–Trinajstić information content (AvgIpc) is 2.79. The summed E-state index contributed by atoms with van der Waals surface area (Å²) >= 11 is 7.22. The Balaban J connectivity index is 2.57. The third-order valence-corrected chi connectivity index (χ3v) is 3.90. The zero-order valence-corrected chi connectivity index (χ0v) is 11.8. The highest BCUT2D eigenvalue weighted by molar-refractivity contribution is 8.05. The minimum Gasteiger partial charge on any atom is -0.496 e. The van der Waals surface area contributed by atoms with E-state index in [1.54, 1.807) is 18.2 Å². The van der Waals surface area contributed by atoms with E-state index < -0.39 is 5.91 Å². The smallest absolute Gasteiger partial charge is 0.325 e. The molecule has 1 heterocycles. The highest BCUT2D eigenvalue weighted by Gasteiger charge is 2.29. The molecule has 0 spiro atoms. The van der Waals surface area contributed by atoms with Gasteiger partial charge in [0.1, 0.15) is 10.7 Å². The molecule has 1 atom stereocenters. The lowest BCUT2D eigenvalue weighted by Crippen LogP contribution is -2.16. The van der Waals surface area contributed by atoms with Gasteiger partial charge in [-0.2, -0.15) is 0 Å². The number of ether oxygens (including phenoxy) is 1. The van der Waals surface area contributed by atoms with Gasteiger partial charge in [0, 0.05) is 15.8 Å². The lowest BCUT2D eigenvalue weighted by molar-refractivity contribution is -0.113. The fourth-order valence-corrected chi connectivity index (χ4v) is 2.94. The molecular formula is C12H11ClN2O3S. The first kappa shape index (κ1) is 13.9. The molecule has 1 aromatic carbocycles. The van der Waals surface area contributed by atoms with Crippen LogP contribution in [0.4, 0.5) is 0 Å². The Kier molecular flexibility index (Phi) is 4.11. The highest BCUT2D eigenvalue weighted by Crippen LogP contribution is 2.39. The largest absolute Gasteiger partial charge is 0.496 e. The predicted molar refractivity (Wildman–Crippen MR) is 75.9 cm³/mol. The van der Waals surface area contributed by atoms with Crippen LogP contribution in [0.25, 0.3) is 5.70 Å². The van der Waals surface area contributed by atoms with Crippen molar-refractivity contribution >= 4 is 35.0 Å². The monoisotopic (exact) mass is 298 g/mol. The maximum atomic E-state index is 11.6. The first-order valence-corrected chi connectivity index (χ1v) is 6.71. The van der Waals surface area contributed by atoms with Gasteiger partial charge in [-0.1, -0.05) is 23.4 Å². The van der Waals surface area contributed by atoms with E-state index in [0.29, 0.717) is 22.0 Å². The Morgan fingerprint density at radius 2 is 2.26 bits per heavy atom. The Hall–Kier alpha value is -1.53. The molecule has 0 aliphatic carbocycles. The Bertz CT molecular complexity index is 574. The Morgan fingerprint density at radius 3 is 2.89 bits per heavy atom. The molecule has 0 saturated heterocycles. The quantitative estimate of drug-likeness (QED) is 0.869. The SMILES string of the molecule is COc1ccc(Cl)cc1C1=C(C(=O)N=O)SC(C)N1. The molecular weight excluding hydrogens is 288 g/mol. The topological polar surface area (TPSA) is 67.8 Å². The summed E-state index contributed by atoms with van der Waals surface area (Å²) in [7, 11) is 1.53. The van der Waals surface area contributed by atoms with Crippen LogP contribution in [-0.2, 0) is 4.79 Å². The number of benzene rings is 1. The van der Waals surface area contributed by atoms with Crippen LogP contribution in [-0.4, -0.2) is 18.4 Å². The highest BCUT2D eigenvalue weighted by atomic mass is 35.5. The molecule has 1 amide bonds. The van der Waals surface area contributed by atoms with E-state index in [1.165, 1.54) is 18.9 Å². The molecule has 0 aromatic heterocycles. The van der Waals surface area contributed by atoms with Crippen LogP contribution in [0.2, 0.25) is 5.02 Å². The maximum absolute atomic E-state index is 11.6. The van der Waals surface area contributed by atoms with Gasteiger partial charge in [0.05, 0.1) is 18.2 Å². The number of methoxy groups -OCH3 is 1. The number of carbonyl (C=O) groups excluding carboxylic acids is 1. The molecule has 100 valence electrons. The zero-order chi connectivity index (χ0) is 14.0. The van der Waals surface area contributed by atoms with Gasteiger partial charge in [0.2, 0.25) is 0 Å². The summed E-state index contributed by atoms with van der Waals surface area (Å²) in [6, 6.07) is 5.07. The summed E-state index contributed by atoms with van der Waals surface area (Å²) in [5, 5.41) is 6.08. The third-order valence-electron chi connectivity index (χ3n) is 2.58. The second kappa shape index (κ2) is 5.63. The van der Waals surface area contributed by atoms with E-state index in [0.717, 1.165) is 0 Å². The Morgan fingerprint density at radius 1 is 1.53 bits per heavy atom. The molecule has 1 N–H and O–H groups in total. The van der Waals surface area contributed by atoms with Crippen LogP contribution in [0.1, 0.15) is 12.5 Å². The summed E-state index contributed by atoms with van der Waals surface area (Å²) in [6.45, 7) is 1.88. The fourth-order valence-electron chi connectivity index (χ4n) is 1.81. The molecule has 1 aliphatic heterocycles. The van der Waals surface area contributed by atoms with Crippen molar-refractivity contribution in [3.05, 3.63) is 38.6 Å². The van der Waals surface area contributed by atoms with Crippen LogP contribution < -0.4 is 10.1 Å². The number of hydrogen-bond donors (Lipinski definition) is 1. The lowest BCUT2D eigenvalue weighted by Gasteiger charge is -2.12. The van der Waals surface area contributed by atoms with Gasteiger partial charge in [-0.15, -0.1) is 4.91 Å². The van der Waals surface area contributed by atoms with Crippen molar-refractivity contribution in [2.45, 2.75) is 12.3 Å². The molecule has 1 unspecified atom stereocenters. The van der Waals surface area contributed by atoms with E-state index in [4.69, 9.17) is 16.3 Å². The lowest BCUT2D eigenvalue weighted by atomic mass is 10.1. The Labute approximate surface area is 119 Å². The van der Waals surface area contributed by atoms with Crippen molar-refractivity contribution in [3.63, 3.8) is 0 Å². The number of nitroso groups, excluding NO2 is 1. The molecule has 0 bridgehead atoms. The molecule has 2 rings (SSSR count). The van der Waals surface area contributed by atoms with Crippen LogP contribution in [0.3, 0.4) is 0 Å². The van der Waals surface area contributed by atoms with Gasteiger partial charge < -0.3 is 10.1 Å². The number of thioether (sulfide) groups is 1. The number of hydrogen-bond acceptors (Lipinski definition) is 5. The van der Waals surface area contributed by atoms with E-state index in [-0.39, 0.29) is 10.3 Å². The van der Waals surface area contributed by atoms with Gasteiger partial charge in [-0.25, -0.2) is 0 Å². The molecule has 7 heteroatoms. The summed E-state index contributed by atoms with van der Waals surface area (Å²) < 4.78 is 5.25.